The lowest BCUT2D eigenvalue weighted by molar-refractivity contribution is -0.117. The minimum atomic E-state index is -0.530. The third-order valence-corrected chi connectivity index (χ3v) is 4.41. The molecule has 23 heavy (non-hydrogen) atoms. The molecule has 3 N–H and O–H groups in total. The van der Waals surface area contributed by atoms with Crippen molar-refractivity contribution in [1.29, 1.82) is 0 Å². The zero-order valence-corrected chi connectivity index (χ0v) is 13.8. The Kier molecular flexibility index (Phi) is 6.29. The number of anilines is 2. The molecular formula is C13H14FN5O2S2. The Morgan fingerprint density at radius 2 is 2.09 bits per heavy atom. The summed E-state index contributed by atoms with van der Waals surface area (Å²) in [5, 5.41) is 15.7. The van der Waals surface area contributed by atoms with Crippen LogP contribution in [0.15, 0.2) is 28.6 Å². The maximum absolute atomic E-state index is 13.5. The van der Waals surface area contributed by atoms with Crippen LogP contribution in [0, 0.1) is 5.82 Å². The summed E-state index contributed by atoms with van der Waals surface area (Å²) in [4.78, 5) is 22.7. The van der Waals surface area contributed by atoms with Crippen LogP contribution in [-0.4, -0.2) is 34.4 Å². The molecule has 0 radical (unpaired) electrons. The number of carbonyl (C=O) groups excluding carboxylic acids is 2. The quantitative estimate of drug-likeness (QED) is 0.689. The molecule has 0 aliphatic carbocycles. The number of carbonyl (C=O) groups is 2. The van der Waals surface area contributed by atoms with E-state index >= 15 is 0 Å². The van der Waals surface area contributed by atoms with Gasteiger partial charge in [0.15, 0.2) is 4.34 Å². The molecule has 0 saturated heterocycles. The number of urea groups is 1. The van der Waals surface area contributed by atoms with Gasteiger partial charge >= 0.3 is 6.03 Å². The number of rotatable bonds is 6. The van der Waals surface area contributed by atoms with Gasteiger partial charge in [-0.2, -0.15) is 0 Å². The van der Waals surface area contributed by atoms with Crippen molar-refractivity contribution in [3.05, 3.63) is 30.1 Å². The number of nitrogens with one attached hydrogen (secondary N) is 3. The summed E-state index contributed by atoms with van der Waals surface area (Å²) in [5.41, 5.74) is 0.300. The van der Waals surface area contributed by atoms with E-state index in [0.29, 0.717) is 21.7 Å². The van der Waals surface area contributed by atoms with Gasteiger partial charge in [-0.3, -0.25) is 10.1 Å². The van der Waals surface area contributed by atoms with Crippen LogP contribution in [0.25, 0.3) is 0 Å². The molecule has 0 atom stereocenters. The molecular weight excluding hydrogens is 341 g/mol. The Bertz CT molecular complexity index is 695. The van der Waals surface area contributed by atoms with E-state index in [1.807, 2.05) is 0 Å². The first kappa shape index (κ1) is 17.2. The lowest BCUT2D eigenvalue weighted by Gasteiger charge is -2.03. The number of imide groups is 1. The van der Waals surface area contributed by atoms with Gasteiger partial charge in [0.05, 0.1) is 11.4 Å². The molecule has 1 aromatic carbocycles. The van der Waals surface area contributed by atoms with Crippen LogP contribution >= 0.6 is 23.1 Å². The Morgan fingerprint density at radius 1 is 1.30 bits per heavy atom. The minimum Gasteiger partial charge on any atom is -0.338 e. The molecule has 0 bridgehead atoms. The number of amides is 3. The summed E-state index contributed by atoms with van der Waals surface area (Å²) in [6.45, 7) is 2.19. The lowest BCUT2D eigenvalue weighted by Crippen LogP contribution is -2.40. The molecule has 2 aromatic rings. The topological polar surface area (TPSA) is 96.0 Å². The number of hydrogen-bond donors (Lipinski definition) is 3. The third-order valence-electron chi connectivity index (χ3n) is 2.44. The van der Waals surface area contributed by atoms with Crippen molar-refractivity contribution in [2.24, 2.45) is 0 Å². The smallest absolute Gasteiger partial charge is 0.321 e. The summed E-state index contributed by atoms with van der Waals surface area (Å²) in [6, 6.07) is 5.69. The van der Waals surface area contributed by atoms with Crippen LogP contribution in [-0.2, 0) is 4.79 Å². The molecule has 1 heterocycles. The molecule has 3 amide bonds. The number of halogens is 1. The maximum atomic E-state index is 13.5. The monoisotopic (exact) mass is 355 g/mol. The van der Waals surface area contributed by atoms with Gasteiger partial charge in [-0.1, -0.05) is 35.2 Å². The van der Waals surface area contributed by atoms with Gasteiger partial charge in [-0.05, 0) is 19.1 Å². The van der Waals surface area contributed by atoms with Crippen LogP contribution < -0.4 is 16.0 Å². The second-order valence-electron chi connectivity index (χ2n) is 4.17. The molecule has 2 rings (SSSR count). The first-order valence-corrected chi connectivity index (χ1v) is 8.44. The number of para-hydroxylation sites is 1. The van der Waals surface area contributed by atoms with E-state index < -0.39 is 17.8 Å². The Hall–Kier alpha value is -2.20. The average Bonchev–Trinajstić information content (AvgIpc) is 2.95. The molecule has 0 aliphatic heterocycles. The highest BCUT2D eigenvalue weighted by Crippen LogP contribution is 2.28. The number of aromatic nitrogens is 2. The molecule has 0 spiro atoms. The van der Waals surface area contributed by atoms with Crippen molar-refractivity contribution >= 4 is 45.9 Å². The molecule has 1 aromatic heterocycles. The minimum absolute atomic E-state index is 0.0332. The zero-order valence-electron chi connectivity index (χ0n) is 12.1. The fourth-order valence-corrected chi connectivity index (χ4v) is 3.06. The van der Waals surface area contributed by atoms with Crippen LogP contribution in [0.3, 0.4) is 0 Å². The van der Waals surface area contributed by atoms with Gasteiger partial charge in [-0.15, -0.1) is 10.2 Å². The molecule has 0 unspecified atom stereocenters. The van der Waals surface area contributed by atoms with E-state index in [2.05, 4.69) is 26.1 Å². The lowest BCUT2D eigenvalue weighted by atomic mass is 10.3. The van der Waals surface area contributed by atoms with Crippen molar-refractivity contribution in [1.82, 2.24) is 20.8 Å². The van der Waals surface area contributed by atoms with Crippen LogP contribution in [0.2, 0.25) is 0 Å². The highest BCUT2D eigenvalue weighted by atomic mass is 32.2. The molecule has 7 nitrogen and oxygen atoms in total. The van der Waals surface area contributed by atoms with Crippen LogP contribution in [0.5, 0.6) is 0 Å². The summed E-state index contributed by atoms with van der Waals surface area (Å²) < 4.78 is 14.1. The van der Waals surface area contributed by atoms with Gasteiger partial charge in [-0.25, -0.2) is 9.18 Å². The van der Waals surface area contributed by atoms with Gasteiger partial charge in [0.2, 0.25) is 11.0 Å². The highest BCUT2D eigenvalue weighted by molar-refractivity contribution is 8.01. The molecule has 0 aliphatic rings. The second kappa shape index (κ2) is 8.44. The van der Waals surface area contributed by atoms with Crippen molar-refractivity contribution in [2.75, 3.05) is 17.6 Å². The molecule has 0 saturated carbocycles. The predicted octanol–water partition coefficient (Wildman–Crippen LogP) is 2.36. The van der Waals surface area contributed by atoms with Gasteiger partial charge < -0.3 is 10.6 Å². The van der Waals surface area contributed by atoms with E-state index in [-0.39, 0.29) is 5.75 Å². The number of nitrogens with zero attached hydrogens (tertiary/aromatic N) is 2. The summed E-state index contributed by atoms with van der Waals surface area (Å²) in [6.07, 6.45) is 0. The molecule has 10 heteroatoms. The van der Waals surface area contributed by atoms with E-state index in [0.717, 1.165) is 11.8 Å². The number of hydrogen-bond acceptors (Lipinski definition) is 7. The van der Waals surface area contributed by atoms with Gasteiger partial charge in [0, 0.05) is 6.54 Å². The maximum Gasteiger partial charge on any atom is 0.321 e. The first-order chi connectivity index (χ1) is 11.1. The van der Waals surface area contributed by atoms with Gasteiger partial charge in [0.25, 0.3) is 0 Å². The second-order valence-corrected chi connectivity index (χ2v) is 6.37. The van der Waals surface area contributed by atoms with Crippen molar-refractivity contribution in [3.8, 4) is 0 Å². The number of benzene rings is 1. The van der Waals surface area contributed by atoms with E-state index in [1.54, 1.807) is 25.1 Å². The van der Waals surface area contributed by atoms with Crippen LogP contribution in [0.4, 0.5) is 20.0 Å². The first-order valence-electron chi connectivity index (χ1n) is 6.64. The van der Waals surface area contributed by atoms with Crippen LogP contribution in [0.1, 0.15) is 6.92 Å². The van der Waals surface area contributed by atoms with E-state index in [9.17, 15) is 14.0 Å². The summed E-state index contributed by atoms with van der Waals surface area (Å²) >= 11 is 2.33. The zero-order chi connectivity index (χ0) is 16.7. The van der Waals surface area contributed by atoms with Gasteiger partial charge in [0.1, 0.15) is 5.82 Å². The van der Waals surface area contributed by atoms with Crippen molar-refractivity contribution in [2.45, 2.75) is 11.3 Å². The Labute approximate surface area is 140 Å². The Balaban J connectivity index is 1.84. The summed E-state index contributed by atoms with van der Waals surface area (Å²) in [7, 11) is 0. The SMILES string of the molecule is CCNC(=O)NC(=O)CSc1nnc(Nc2ccccc2F)s1. The number of thioether (sulfide) groups is 1. The Morgan fingerprint density at radius 3 is 2.83 bits per heavy atom. The molecule has 122 valence electrons. The standard InChI is InChI=1S/C13H14FN5O2S2/c1-2-15-11(21)17-10(20)7-22-13-19-18-12(23-13)16-9-6-4-3-5-8(9)14/h3-6H,2,7H2,1H3,(H,16,18)(H2,15,17,20,21). The predicted molar refractivity (Wildman–Crippen MR) is 87.5 cm³/mol. The summed E-state index contributed by atoms with van der Waals surface area (Å²) in [5.74, 6) is -0.788. The largest absolute Gasteiger partial charge is 0.338 e. The van der Waals surface area contributed by atoms with Crippen molar-refractivity contribution < 1.29 is 14.0 Å². The average molecular weight is 355 g/mol. The van der Waals surface area contributed by atoms with E-state index in [4.69, 9.17) is 0 Å². The normalized spacial score (nSPS) is 10.2. The van der Waals surface area contributed by atoms with Crippen molar-refractivity contribution in [3.63, 3.8) is 0 Å². The van der Waals surface area contributed by atoms with E-state index in [1.165, 1.54) is 17.4 Å². The molecule has 0 fully saturated rings. The fourth-order valence-electron chi connectivity index (χ4n) is 1.49. The highest BCUT2D eigenvalue weighted by Gasteiger charge is 2.11. The fraction of sp³-hybridized carbons (Fsp3) is 0.231. The third kappa shape index (κ3) is 5.49.